The fraction of sp³-hybridized carbons (Fsp3) is 0.304. The molecule has 4 aliphatic rings. The number of hydrogen-bond donors (Lipinski definition) is 0. The van der Waals surface area contributed by atoms with Crippen LogP contribution in [0.2, 0.25) is 0 Å². The fourth-order valence-corrected chi connectivity index (χ4v) is 5.36. The monoisotopic (exact) mass is 391 g/mol. The topological polar surface area (TPSA) is 55.8 Å². The summed E-state index contributed by atoms with van der Waals surface area (Å²) in [5, 5.41) is 0. The number of nitrogens with zero attached hydrogens (tertiary/aromatic N) is 1. The normalized spacial score (nSPS) is 34.0. The summed E-state index contributed by atoms with van der Waals surface area (Å²) in [7, 11) is 0. The Kier molecular flexibility index (Phi) is 3.58. The summed E-state index contributed by atoms with van der Waals surface area (Å²) in [6.45, 7) is 0.302. The molecule has 2 aromatic carbocycles. The van der Waals surface area contributed by atoms with E-state index in [4.69, 9.17) is 9.47 Å². The maximum absolute atomic E-state index is 13.7. The van der Waals surface area contributed by atoms with Crippen molar-refractivity contribution in [3.63, 3.8) is 0 Å². The van der Waals surface area contributed by atoms with Crippen LogP contribution < -0.4 is 4.90 Å². The van der Waals surface area contributed by atoms with Gasteiger partial charge in [0, 0.05) is 17.2 Å². The molecule has 0 aromatic heterocycles. The number of halogens is 1. The molecule has 0 unspecified atom stereocenters. The summed E-state index contributed by atoms with van der Waals surface area (Å²) in [6.07, 6.45) is 2.88. The Morgan fingerprint density at radius 1 is 1.10 bits per heavy atom. The van der Waals surface area contributed by atoms with Crippen molar-refractivity contribution in [3.05, 3.63) is 71.6 Å². The van der Waals surface area contributed by atoms with Crippen molar-refractivity contribution in [1.82, 2.24) is 0 Å². The molecule has 5 nitrogen and oxygen atoms in total. The first-order valence-electron chi connectivity index (χ1n) is 9.79. The van der Waals surface area contributed by atoms with Gasteiger partial charge < -0.3 is 14.4 Å². The number of ketones is 2. The number of fused-ring (bicyclic) bond motifs is 8. The molecular weight excluding hydrogens is 373 g/mol. The second-order valence-corrected chi connectivity index (χ2v) is 7.98. The van der Waals surface area contributed by atoms with Crippen LogP contribution in [-0.2, 0) is 14.3 Å². The Morgan fingerprint density at radius 2 is 1.90 bits per heavy atom. The van der Waals surface area contributed by atoms with Crippen LogP contribution in [-0.4, -0.2) is 42.7 Å². The van der Waals surface area contributed by atoms with Crippen molar-refractivity contribution in [1.29, 1.82) is 0 Å². The SMILES string of the molecule is O=C1[C@H]2OC[C@H](O2)[C@@H]2[C@H]1[C@H]1C=Cc3ccccc3N1[C@@H]2C(=O)c1ccc(F)cc1. The number of para-hydroxylation sites is 1. The van der Waals surface area contributed by atoms with Crippen molar-refractivity contribution in [2.24, 2.45) is 11.8 Å². The fourth-order valence-electron chi connectivity index (χ4n) is 5.36. The van der Waals surface area contributed by atoms with E-state index in [1.165, 1.54) is 24.3 Å². The van der Waals surface area contributed by atoms with Gasteiger partial charge >= 0.3 is 0 Å². The second-order valence-electron chi connectivity index (χ2n) is 7.98. The number of anilines is 1. The Balaban J connectivity index is 1.52. The summed E-state index contributed by atoms with van der Waals surface area (Å²) in [5.41, 5.74) is 2.37. The molecule has 0 saturated carbocycles. The van der Waals surface area contributed by atoms with Crippen LogP contribution in [0, 0.1) is 17.7 Å². The molecule has 2 bridgehead atoms. The van der Waals surface area contributed by atoms with Gasteiger partial charge in [0.2, 0.25) is 6.29 Å². The molecular formula is C23H18FNO4. The highest BCUT2D eigenvalue weighted by Crippen LogP contribution is 2.50. The Hall–Kier alpha value is -2.83. The minimum atomic E-state index is -0.839. The lowest BCUT2D eigenvalue weighted by molar-refractivity contribution is -0.163. The zero-order valence-electron chi connectivity index (χ0n) is 15.4. The molecule has 0 aliphatic carbocycles. The first kappa shape index (κ1) is 17.1. The molecule has 3 saturated heterocycles. The number of rotatable bonds is 2. The lowest BCUT2D eigenvalue weighted by Crippen LogP contribution is -2.48. The van der Waals surface area contributed by atoms with Gasteiger partial charge in [-0.25, -0.2) is 4.39 Å². The third-order valence-electron chi connectivity index (χ3n) is 6.55. The number of ether oxygens (including phenoxy) is 2. The average Bonchev–Trinajstić information content (AvgIpc) is 3.33. The van der Waals surface area contributed by atoms with E-state index in [0.29, 0.717) is 12.2 Å². The number of carbonyl (C=O) groups excluding carboxylic acids is 2. The molecule has 4 aliphatic heterocycles. The zero-order chi connectivity index (χ0) is 19.7. The summed E-state index contributed by atoms with van der Waals surface area (Å²) in [6, 6.07) is 12.6. The van der Waals surface area contributed by atoms with Crippen molar-refractivity contribution in [2.75, 3.05) is 11.5 Å². The highest BCUT2D eigenvalue weighted by Gasteiger charge is 2.63. The predicted octanol–water partition coefficient (Wildman–Crippen LogP) is 2.85. The first-order chi connectivity index (χ1) is 14.1. The minimum Gasteiger partial charge on any atom is -0.353 e. The quantitative estimate of drug-likeness (QED) is 0.737. The van der Waals surface area contributed by atoms with Crippen LogP contribution in [0.15, 0.2) is 54.6 Å². The van der Waals surface area contributed by atoms with E-state index in [9.17, 15) is 14.0 Å². The largest absolute Gasteiger partial charge is 0.353 e. The van der Waals surface area contributed by atoms with Gasteiger partial charge in [0.15, 0.2) is 11.6 Å². The van der Waals surface area contributed by atoms with E-state index >= 15 is 0 Å². The number of carbonyl (C=O) groups is 2. The standard InChI is InChI=1S/C23H18FNO4/c24-14-8-5-13(6-9-14)21(26)20-19-17-11-28-23(29-17)22(27)18(19)16-10-7-12-3-1-2-4-15(12)25(16)20/h1-10,16-20,23H,11H2/t16-,17+,18-,19-,20+,23+/m1/s1. The third kappa shape index (κ3) is 2.33. The number of benzene rings is 2. The third-order valence-corrected chi connectivity index (χ3v) is 6.55. The lowest BCUT2D eigenvalue weighted by atomic mass is 9.77. The molecule has 6 rings (SSSR count). The molecule has 3 fully saturated rings. The first-order valence-corrected chi connectivity index (χ1v) is 9.79. The van der Waals surface area contributed by atoms with Gasteiger partial charge in [-0.3, -0.25) is 9.59 Å². The average molecular weight is 391 g/mol. The van der Waals surface area contributed by atoms with Gasteiger partial charge in [0.25, 0.3) is 0 Å². The van der Waals surface area contributed by atoms with Crippen molar-refractivity contribution >= 4 is 23.3 Å². The van der Waals surface area contributed by atoms with Gasteiger partial charge in [0.1, 0.15) is 5.82 Å². The summed E-state index contributed by atoms with van der Waals surface area (Å²) in [5.74, 6) is -1.32. The van der Waals surface area contributed by atoms with Crippen LogP contribution in [0.4, 0.5) is 10.1 Å². The van der Waals surface area contributed by atoms with Gasteiger partial charge in [0.05, 0.1) is 30.7 Å². The van der Waals surface area contributed by atoms with Crippen molar-refractivity contribution in [2.45, 2.75) is 24.5 Å². The zero-order valence-corrected chi connectivity index (χ0v) is 15.4. The number of hydrogen-bond acceptors (Lipinski definition) is 5. The van der Waals surface area contributed by atoms with Crippen LogP contribution in [0.1, 0.15) is 15.9 Å². The maximum Gasteiger partial charge on any atom is 0.218 e. The van der Waals surface area contributed by atoms with E-state index < -0.39 is 18.1 Å². The number of Topliss-reactive ketones (excluding diaryl/α,β-unsaturated/α-hetero) is 2. The summed E-state index contributed by atoms with van der Waals surface area (Å²) >= 11 is 0. The summed E-state index contributed by atoms with van der Waals surface area (Å²) < 4.78 is 24.8. The predicted molar refractivity (Wildman–Crippen MR) is 103 cm³/mol. The van der Waals surface area contributed by atoms with E-state index in [1.807, 2.05) is 36.4 Å². The molecule has 2 aromatic rings. The molecule has 6 atom stereocenters. The van der Waals surface area contributed by atoms with Gasteiger partial charge in [-0.1, -0.05) is 30.4 Å². The second kappa shape index (κ2) is 6.08. The van der Waals surface area contributed by atoms with Crippen molar-refractivity contribution in [3.8, 4) is 0 Å². The van der Waals surface area contributed by atoms with E-state index in [-0.39, 0.29) is 35.5 Å². The van der Waals surface area contributed by atoms with Crippen molar-refractivity contribution < 1.29 is 23.5 Å². The van der Waals surface area contributed by atoms with Crippen LogP contribution in [0.3, 0.4) is 0 Å². The minimum absolute atomic E-state index is 0.0998. The molecule has 0 radical (unpaired) electrons. The van der Waals surface area contributed by atoms with Crippen LogP contribution in [0.25, 0.3) is 6.08 Å². The van der Waals surface area contributed by atoms with E-state index in [0.717, 1.165) is 11.3 Å². The molecule has 0 spiro atoms. The van der Waals surface area contributed by atoms with E-state index in [1.54, 1.807) is 0 Å². The molecule has 0 amide bonds. The smallest absolute Gasteiger partial charge is 0.218 e. The highest BCUT2D eigenvalue weighted by atomic mass is 19.1. The molecule has 6 heteroatoms. The van der Waals surface area contributed by atoms with E-state index in [2.05, 4.69) is 4.90 Å². The summed E-state index contributed by atoms with van der Waals surface area (Å²) in [4.78, 5) is 28.8. The highest BCUT2D eigenvalue weighted by molar-refractivity contribution is 6.05. The van der Waals surface area contributed by atoms with Crippen LogP contribution in [0.5, 0.6) is 0 Å². The van der Waals surface area contributed by atoms with Crippen LogP contribution >= 0.6 is 0 Å². The molecule has 0 N–H and O–H groups in total. The Bertz CT molecular complexity index is 1050. The van der Waals surface area contributed by atoms with Gasteiger partial charge in [-0.05, 0) is 35.9 Å². The molecule has 146 valence electrons. The van der Waals surface area contributed by atoms with Gasteiger partial charge in [-0.15, -0.1) is 0 Å². The lowest BCUT2D eigenvalue weighted by Gasteiger charge is -2.35. The Morgan fingerprint density at radius 3 is 2.72 bits per heavy atom. The molecule has 4 heterocycles. The Labute approximate surface area is 166 Å². The maximum atomic E-state index is 13.7. The van der Waals surface area contributed by atoms with Gasteiger partial charge in [-0.2, -0.15) is 0 Å². The molecule has 29 heavy (non-hydrogen) atoms.